The monoisotopic (exact) mass is 254 g/mol. The molecule has 17 heavy (non-hydrogen) atoms. The third-order valence-electron chi connectivity index (χ3n) is 3.20. The summed E-state index contributed by atoms with van der Waals surface area (Å²) < 4.78 is 11.1. The van der Waals surface area contributed by atoms with Crippen molar-refractivity contribution in [1.29, 1.82) is 0 Å². The summed E-state index contributed by atoms with van der Waals surface area (Å²) in [6.07, 6.45) is 1.33. The number of rotatable bonds is 4. The highest BCUT2D eigenvalue weighted by Gasteiger charge is 2.42. The van der Waals surface area contributed by atoms with Gasteiger partial charge in [-0.2, -0.15) is 0 Å². The summed E-state index contributed by atoms with van der Waals surface area (Å²) >= 11 is 1.51. The van der Waals surface area contributed by atoms with E-state index in [9.17, 15) is 4.79 Å². The average molecular weight is 254 g/mol. The SMILES string of the molecule is CCOC1(C(=O)c2sccc2C)CCOCC1. The number of Topliss-reactive ketones (excluding diaryl/α,β-unsaturated/α-hetero) is 1. The molecular formula is C13H18O3S. The Bertz CT molecular complexity index is 386. The number of hydrogen-bond donors (Lipinski definition) is 0. The van der Waals surface area contributed by atoms with Crippen molar-refractivity contribution in [2.45, 2.75) is 32.3 Å². The fourth-order valence-electron chi connectivity index (χ4n) is 2.23. The van der Waals surface area contributed by atoms with Crippen LogP contribution in [0, 0.1) is 6.92 Å². The first-order chi connectivity index (χ1) is 8.19. The predicted molar refractivity (Wildman–Crippen MR) is 67.8 cm³/mol. The molecule has 0 N–H and O–H groups in total. The van der Waals surface area contributed by atoms with Crippen LogP contribution in [0.1, 0.15) is 35.0 Å². The Morgan fingerprint density at radius 2 is 2.24 bits per heavy atom. The van der Waals surface area contributed by atoms with E-state index in [1.807, 2.05) is 25.3 Å². The minimum Gasteiger partial charge on any atom is -0.381 e. The Morgan fingerprint density at radius 3 is 2.76 bits per heavy atom. The zero-order valence-corrected chi connectivity index (χ0v) is 11.1. The topological polar surface area (TPSA) is 35.5 Å². The molecule has 0 spiro atoms. The predicted octanol–water partition coefficient (Wildman–Crippen LogP) is 2.82. The van der Waals surface area contributed by atoms with E-state index in [0.717, 1.165) is 10.4 Å². The molecule has 0 amide bonds. The number of carbonyl (C=O) groups is 1. The van der Waals surface area contributed by atoms with E-state index in [2.05, 4.69) is 0 Å². The molecule has 4 heteroatoms. The molecule has 94 valence electrons. The van der Waals surface area contributed by atoms with Crippen molar-refractivity contribution in [3.05, 3.63) is 21.9 Å². The van der Waals surface area contributed by atoms with Crippen LogP contribution < -0.4 is 0 Å². The van der Waals surface area contributed by atoms with Crippen molar-refractivity contribution in [3.63, 3.8) is 0 Å². The fourth-order valence-corrected chi connectivity index (χ4v) is 3.18. The highest BCUT2D eigenvalue weighted by atomic mass is 32.1. The van der Waals surface area contributed by atoms with Crippen molar-refractivity contribution < 1.29 is 14.3 Å². The fraction of sp³-hybridized carbons (Fsp3) is 0.615. The largest absolute Gasteiger partial charge is 0.381 e. The number of ketones is 1. The molecule has 3 nitrogen and oxygen atoms in total. The zero-order chi connectivity index (χ0) is 12.3. The second-order valence-electron chi connectivity index (χ2n) is 4.30. The van der Waals surface area contributed by atoms with Crippen molar-refractivity contribution in [3.8, 4) is 0 Å². The van der Waals surface area contributed by atoms with Gasteiger partial charge in [-0.15, -0.1) is 11.3 Å². The van der Waals surface area contributed by atoms with Crippen LogP contribution >= 0.6 is 11.3 Å². The van der Waals surface area contributed by atoms with Crippen LogP contribution in [0.2, 0.25) is 0 Å². The van der Waals surface area contributed by atoms with Gasteiger partial charge in [0.2, 0.25) is 5.78 Å². The quantitative estimate of drug-likeness (QED) is 0.775. The van der Waals surface area contributed by atoms with Gasteiger partial charge in [0, 0.05) is 32.7 Å². The van der Waals surface area contributed by atoms with Crippen LogP contribution in [0.3, 0.4) is 0 Å². The molecule has 2 heterocycles. The summed E-state index contributed by atoms with van der Waals surface area (Å²) in [5, 5.41) is 1.96. The van der Waals surface area contributed by atoms with Crippen LogP contribution in [-0.4, -0.2) is 31.2 Å². The maximum Gasteiger partial charge on any atom is 0.204 e. The molecule has 0 saturated carbocycles. The van der Waals surface area contributed by atoms with Crippen LogP contribution in [0.25, 0.3) is 0 Å². The van der Waals surface area contributed by atoms with Crippen LogP contribution in [-0.2, 0) is 9.47 Å². The van der Waals surface area contributed by atoms with E-state index in [0.29, 0.717) is 32.7 Å². The summed E-state index contributed by atoms with van der Waals surface area (Å²) in [4.78, 5) is 13.5. The molecule has 1 aliphatic heterocycles. The van der Waals surface area contributed by atoms with E-state index in [4.69, 9.17) is 9.47 Å². The van der Waals surface area contributed by atoms with Crippen molar-refractivity contribution in [1.82, 2.24) is 0 Å². The second kappa shape index (κ2) is 5.29. The lowest BCUT2D eigenvalue weighted by Crippen LogP contribution is -2.46. The Labute approximate surface area is 106 Å². The van der Waals surface area contributed by atoms with E-state index in [-0.39, 0.29) is 5.78 Å². The first-order valence-electron chi connectivity index (χ1n) is 6.00. The van der Waals surface area contributed by atoms with Gasteiger partial charge in [0.1, 0.15) is 5.60 Å². The number of hydrogen-bond acceptors (Lipinski definition) is 4. The summed E-state index contributed by atoms with van der Waals surface area (Å²) in [6.45, 7) is 5.69. The molecule has 1 aliphatic rings. The Morgan fingerprint density at radius 1 is 1.53 bits per heavy atom. The van der Waals surface area contributed by atoms with Gasteiger partial charge in [-0.3, -0.25) is 4.79 Å². The van der Waals surface area contributed by atoms with Gasteiger partial charge in [0.15, 0.2) is 0 Å². The lowest BCUT2D eigenvalue weighted by Gasteiger charge is -2.35. The summed E-state index contributed by atoms with van der Waals surface area (Å²) in [6, 6.07) is 1.98. The van der Waals surface area contributed by atoms with E-state index in [1.54, 1.807) is 0 Å². The Balaban J connectivity index is 2.27. The van der Waals surface area contributed by atoms with E-state index >= 15 is 0 Å². The molecular weight excluding hydrogens is 236 g/mol. The van der Waals surface area contributed by atoms with Crippen LogP contribution in [0.5, 0.6) is 0 Å². The smallest absolute Gasteiger partial charge is 0.204 e. The van der Waals surface area contributed by atoms with E-state index in [1.165, 1.54) is 11.3 Å². The Kier molecular flexibility index (Phi) is 3.97. The second-order valence-corrected chi connectivity index (χ2v) is 5.22. The first-order valence-corrected chi connectivity index (χ1v) is 6.88. The highest BCUT2D eigenvalue weighted by Crippen LogP contribution is 2.32. The normalized spacial score (nSPS) is 19.2. The standard InChI is InChI=1S/C13H18O3S/c1-3-16-13(5-7-15-8-6-13)12(14)11-10(2)4-9-17-11/h4,9H,3,5-8H2,1-2H3. The Hall–Kier alpha value is -0.710. The minimum atomic E-state index is -0.650. The minimum absolute atomic E-state index is 0.134. The molecule has 1 aromatic rings. The summed E-state index contributed by atoms with van der Waals surface area (Å²) in [5.41, 5.74) is 0.397. The maximum atomic E-state index is 12.6. The number of thiophene rings is 1. The zero-order valence-electron chi connectivity index (χ0n) is 10.3. The molecule has 0 radical (unpaired) electrons. The molecule has 0 unspecified atom stereocenters. The maximum absolute atomic E-state index is 12.6. The summed E-state index contributed by atoms with van der Waals surface area (Å²) in [7, 11) is 0. The van der Waals surface area contributed by atoms with Gasteiger partial charge in [-0.1, -0.05) is 0 Å². The molecule has 0 aliphatic carbocycles. The molecule has 0 bridgehead atoms. The third kappa shape index (κ3) is 2.44. The van der Waals surface area contributed by atoms with E-state index < -0.39 is 5.60 Å². The molecule has 1 fully saturated rings. The van der Waals surface area contributed by atoms with Crippen molar-refractivity contribution in [2.75, 3.05) is 19.8 Å². The van der Waals surface area contributed by atoms with Crippen molar-refractivity contribution in [2.24, 2.45) is 0 Å². The van der Waals surface area contributed by atoms with Gasteiger partial charge in [0.25, 0.3) is 0 Å². The van der Waals surface area contributed by atoms with Crippen molar-refractivity contribution >= 4 is 17.1 Å². The number of aryl methyl sites for hydroxylation is 1. The van der Waals surface area contributed by atoms with Crippen LogP contribution in [0.15, 0.2) is 11.4 Å². The van der Waals surface area contributed by atoms with Gasteiger partial charge < -0.3 is 9.47 Å². The average Bonchev–Trinajstić information content (AvgIpc) is 2.76. The van der Waals surface area contributed by atoms with Crippen LogP contribution in [0.4, 0.5) is 0 Å². The van der Waals surface area contributed by atoms with Gasteiger partial charge in [-0.25, -0.2) is 0 Å². The first kappa shape index (κ1) is 12.7. The molecule has 1 saturated heterocycles. The lowest BCUT2D eigenvalue weighted by molar-refractivity contribution is -0.0820. The number of carbonyl (C=O) groups excluding carboxylic acids is 1. The molecule has 0 atom stereocenters. The third-order valence-corrected chi connectivity index (χ3v) is 4.22. The molecule has 2 rings (SSSR count). The highest BCUT2D eigenvalue weighted by molar-refractivity contribution is 7.12. The molecule has 0 aromatic carbocycles. The summed E-state index contributed by atoms with van der Waals surface area (Å²) in [5.74, 6) is 0.134. The van der Waals surface area contributed by atoms with Gasteiger partial charge >= 0.3 is 0 Å². The van der Waals surface area contributed by atoms with Gasteiger partial charge in [-0.05, 0) is 30.9 Å². The lowest BCUT2D eigenvalue weighted by atomic mass is 9.87. The number of ether oxygens (including phenoxy) is 2. The van der Waals surface area contributed by atoms with Gasteiger partial charge in [0.05, 0.1) is 4.88 Å². The molecule has 1 aromatic heterocycles.